The normalized spacial score (nSPS) is 20.7. The number of nitrogens with one attached hydrogen (secondary N) is 3. The summed E-state index contributed by atoms with van der Waals surface area (Å²) in [7, 11) is 0. The number of carbonyl (C=O) groups is 1. The molecule has 4 heterocycles. The molecule has 1 aromatic heterocycles. The average molecular weight is 708 g/mol. The van der Waals surface area contributed by atoms with Gasteiger partial charge in [0.25, 0.3) is 0 Å². The van der Waals surface area contributed by atoms with Crippen molar-refractivity contribution in [3.8, 4) is 5.75 Å². The summed E-state index contributed by atoms with van der Waals surface area (Å²) in [5.41, 5.74) is 4.56. The number of benzene rings is 2. The number of ether oxygens (including phenoxy) is 3. The van der Waals surface area contributed by atoms with Crippen LogP contribution in [-0.4, -0.2) is 106 Å². The van der Waals surface area contributed by atoms with Gasteiger partial charge in [-0.1, -0.05) is 13.8 Å². The van der Waals surface area contributed by atoms with E-state index in [1.54, 1.807) is 17.3 Å². The van der Waals surface area contributed by atoms with E-state index in [4.69, 9.17) is 19.6 Å². The van der Waals surface area contributed by atoms with Gasteiger partial charge in [-0.2, -0.15) is 5.01 Å². The van der Waals surface area contributed by atoms with Crippen molar-refractivity contribution in [1.29, 1.82) is 5.41 Å². The first kappa shape index (κ1) is 35.9. The number of piperazine rings is 1. The quantitative estimate of drug-likeness (QED) is 0.154. The topological polar surface area (TPSA) is 151 Å². The van der Waals surface area contributed by atoms with Crippen molar-refractivity contribution in [2.75, 3.05) is 80.5 Å². The molecule has 16 heteroatoms. The molecule has 0 aliphatic carbocycles. The van der Waals surface area contributed by atoms with Crippen molar-refractivity contribution in [2.24, 2.45) is 10.4 Å². The van der Waals surface area contributed by atoms with E-state index in [0.717, 1.165) is 54.9 Å². The largest absolute Gasteiger partial charge is 0.491 e. The Hall–Kier alpha value is -4.90. The molecular formula is C35H43F2N9O5. The zero-order valence-corrected chi connectivity index (χ0v) is 28.6. The SMILES string of the molecule is CC(C)(CO)CNC(=O)N(C=N)c1ccc(N2CCN(c3ccc(OCC4CO[C@](CN5CN=CN5)(c5ccc(F)cc5F)O4)cc3)CC2)cn1. The molecule has 272 valence electrons. The summed E-state index contributed by atoms with van der Waals surface area (Å²) < 4.78 is 46.9. The summed E-state index contributed by atoms with van der Waals surface area (Å²) in [6.45, 7) is 7.73. The first-order valence-corrected chi connectivity index (χ1v) is 16.7. The van der Waals surface area contributed by atoms with E-state index in [1.165, 1.54) is 18.5 Å². The maximum absolute atomic E-state index is 14.9. The second kappa shape index (κ2) is 15.6. The van der Waals surface area contributed by atoms with Gasteiger partial charge in [-0.05, 0) is 48.5 Å². The third-order valence-corrected chi connectivity index (χ3v) is 8.94. The number of aromatic nitrogens is 1. The van der Waals surface area contributed by atoms with E-state index in [1.807, 2.05) is 44.2 Å². The molecule has 2 atom stereocenters. The van der Waals surface area contributed by atoms with Crippen LogP contribution in [0.15, 0.2) is 65.8 Å². The Morgan fingerprint density at radius 2 is 1.86 bits per heavy atom. The molecule has 0 saturated carbocycles. The number of rotatable bonds is 13. The zero-order chi connectivity index (χ0) is 36.0. The minimum atomic E-state index is -1.47. The highest BCUT2D eigenvalue weighted by atomic mass is 19.1. The lowest BCUT2D eigenvalue weighted by molar-refractivity contribution is -0.195. The number of hydrazine groups is 1. The van der Waals surface area contributed by atoms with E-state index in [9.17, 15) is 18.7 Å². The Balaban J connectivity index is 0.989. The number of amides is 2. The maximum Gasteiger partial charge on any atom is 0.328 e. The first-order valence-electron chi connectivity index (χ1n) is 16.7. The van der Waals surface area contributed by atoms with Gasteiger partial charge < -0.3 is 39.9 Å². The molecule has 1 unspecified atom stereocenters. The molecule has 4 N–H and O–H groups in total. The number of urea groups is 1. The second-order valence-electron chi connectivity index (χ2n) is 13.3. The highest BCUT2D eigenvalue weighted by Crippen LogP contribution is 2.37. The predicted octanol–water partition coefficient (Wildman–Crippen LogP) is 3.28. The van der Waals surface area contributed by atoms with Crippen LogP contribution in [0.2, 0.25) is 0 Å². The number of hydrogen-bond acceptors (Lipinski definition) is 12. The summed E-state index contributed by atoms with van der Waals surface area (Å²) in [4.78, 5) is 26.8. The molecule has 0 spiro atoms. The summed E-state index contributed by atoms with van der Waals surface area (Å²) in [6, 6.07) is 14.3. The minimum Gasteiger partial charge on any atom is -0.491 e. The van der Waals surface area contributed by atoms with Crippen LogP contribution >= 0.6 is 0 Å². The number of nitrogens with zero attached hydrogens (tertiary/aromatic N) is 6. The average Bonchev–Trinajstić information content (AvgIpc) is 3.81. The van der Waals surface area contributed by atoms with Gasteiger partial charge in [0.15, 0.2) is 0 Å². The van der Waals surface area contributed by atoms with E-state index < -0.39 is 35.0 Å². The Kier molecular flexibility index (Phi) is 11.0. The number of halogens is 2. The number of carbonyl (C=O) groups excluding carboxylic acids is 1. The smallest absolute Gasteiger partial charge is 0.328 e. The van der Waals surface area contributed by atoms with Crippen molar-refractivity contribution in [3.63, 3.8) is 0 Å². The van der Waals surface area contributed by atoms with Crippen molar-refractivity contribution < 1.29 is 32.9 Å². The van der Waals surface area contributed by atoms with E-state index in [2.05, 4.69) is 30.5 Å². The van der Waals surface area contributed by atoms with Crippen molar-refractivity contribution in [2.45, 2.75) is 25.7 Å². The van der Waals surface area contributed by atoms with Crippen molar-refractivity contribution in [1.82, 2.24) is 20.7 Å². The van der Waals surface area contributed by atoms with Gasteiger partial charge in [-0.3, -0.25) is 10.4 Å². The van der Waals surface area contributed by atoms with Crippen molar-refractivity contribution >= 4 is 35.9 Å². The van der Waals surface area contributed by atoms with E-state index in [0.29, 0.717) is 18.2 Å². The maximum atomic E-state index is 14.9. The van der Waals surface area contributed by atoms with Crippen LogP contribution in [-0.2, 0) is 15.3 Å². The van der Waals surface area contributed by atoms with Gasteiger partial charge in [0.05, 0.1) is 37.7 Å². The van der Waals surface area contributed by atoms with Crippen LogP contribution in [0.25, 0.3) is 0 Å². The number of anilines is 3. The van der Waals surface area contributed by atoms with Gasteiger partial charge in [0, 0.05) is 62.1 Å². The molecule has 51 heavy (non-hydrogen) atoms. The minimum absolute atomic E-state index is 0.0769. The molecule has 3 aliphatic heterocycles. The Labute approximate surface area is 295 Å². The van der Waals surface area contributed by atoms with Gasteiger partial charge in [0.1, 0.15) is 42.6 Å². The van der Waals surface area contributed by atoms with Crippen LogP contribution in [0.5, 0.6) is 5.75 Å². The lowest BCUT2D eigenvalue weighted by Gasteiger charge is -2.37. The zero-order valence-electron chi connectivity index (χ0n) is 28.6. The standard InChI is InChI=1S/C35H43F2N9O5/c1-34(2,21-47)19-41-33(48)46(22-38)32-10-6-27(16-40-32)44-13-11-43(12-14-44)26-4-7-28(8-5-26)49-17-29-18-50-35(51-29,20-45-24-39-23-42-45)30-9-3-25(36)15-31(30)37/h3-10,15-16,22-23,29,38,47H,11-14,17-21,24H2,1-2H3,(H,39,42)(H,41,48)/t29?,35-/m0/s1. The highest BCUT2D eigenvalue weighted by Gasteiger charge is 2.47. The Bertz CT molecular complexity index is 1680. The van der Waals surface area contributed by atoms with Gasteiger partial charge in [-0.25, -0.2) is 23.5 Å². The van der Waals surface area contributed by atoms with Gasteiger partial charge >= 0.3 is 6.03 Å². The fourth-order valence-corrected chi connectivity index (χ4v) is 5.96. The van der Waals surface area contributed by atoms with Crippen LogP contribution in [0.4, 0.5) is 30.8 Å². The molecule has 6 rings (SSSR count). The Morgan fingerprint density at radius 3 is 2.49 bits per heavy atom. The molecule has 14 nitrogen and oxygen atoms in total. The fourth-order valence-electron chi connectivity index (χ4n) is 5.96. The van der Waals surface area contributed by atoms with Crippen LogP contribution < -0.4 is 30.2 Å². The molecule has 3 aliphatic rings. The van der Waals surface area contributed by atoms with Crippen LogP contribution in [0.1, 0.15) is 19.4 Å². The van der Waals surface area contributed by atoms with Crippen LogP contribution in [0.3, 0.4) is 0 Å². The summed E-state index contributed by atoms with van der Waals surface area (Å²) in [6.07, 6.45) is 3.66. The first-order chi connectivity index (χ1) is 24.6. The molecule has 3 aromatic rings. The number of aliphatic hydroxyl groups is 1. The summed E-state index contributed by atoms with van der Waals surface area (Å²) in [5.74, 6) is -1.92. The van der Waals surface area contributed by atoms with Crippen LogP contribution in [0, 0.1) is 22.5 Å². The Morgan fingerprint density at radius 1 is 1.14 bits per heavy atom. The van der Waals surface area contributed by atoms with E-state index >= 15 is 0 Å². The van der Waals surface area contributed by atoms with Gasteiger partial charge in [0.2, 0.25) is 5.79 Å². The molecule has 2 aromatic carbocycles. The lowest BCUT2D eigenvalue weighted by Crippen LogP contribution is -2.46. The lowest BCUT2D eigenvalue weighted by atomic mass is 9.95. The summed E-state index contributed by atoms with van der Waals surface area (Å²) >= 11 is 0. The highest BCUT2D eigenvalue weighted by molar-refractivity contribution is 6.05. The molecule has 0 bridgehead atoms. The molecule has 2 fully saturated rings. The second-order valence-corrected chi connectivity index (χ2v) is 13.3. The number of pyridine rings is 1. The number of hydrogen-bond donors (Lipinski definition) is 4. The summed E-state index contributed by atoms with van der Waals surface area (Å²) in [5, 5.41) is 21.6. The van der Waals surface area contributed by atoms with Gasteiger partial charge in [-0.15, -0.1) is 0 Å². The molecular weight excluding hydrogens is 664 g/mol. The molecule has 2 amide bonds. The monoisotopic (exact) mass is 707 g/mol. The molecule has 0 radical (unpaired) electrons. The number of aliphatic hydroxyl groups excluding tert-OH is 1. The third-order valence-electron chi connectivity index (χ3n) is 8.94. The number of aliphatic imine (C=N–C) groups is 1. The van der Waals surface area contributed by atoms with E-state index in [-0.39, 0.29) is 38.5 Å². The fraction of sp³-hybridized carbons (Fsp3) is 0.429. The third kappa shape index (κ3) is 8.53. The van der Waals surface area contributed by atoms with Crippen molar-refractivity contribution in [3.05, 3.63) is 78.0 Å². The predicted molar refractivity (Wildman–Crippen MR) is 188 cm³/mol. The molecule has 2 saturated heterocycles.